The third-order valence-electron chi connectivity index (χ3n) is 4.70. The van der Waals surface area contributed by atoms with Gasteiger partial charge < -0.3 is 0 Å². The Morgan fingerprint density at radius 3 is 1.92 bits per heavy atom. The van der Waals surface area contributed by atoms with Crippen LogP contribution in [0.1, 0.15) is 44.4 Å². The summed E-state index contributed by atoms with van der Waals surface area (Å²) in [5, 5.41) is 0. The largest absolute Gasteiger partial charge is 0.295 e. The van der Waals surface area contributed by atoms with Crippen molar-refractivity contribution in [3.63, 3.8) is 0 Å². The van der Waals surface area contributed by atoms with E-state index >= 15 is 0 Å². The highest BCUT2D eigenvalue weighted by atomic mass is 32.2. The highest BCUT2D eigenvalue weighted by Crippen LogP contribution is 2.46. The first kappa shape index (κ1) is 16.9. The molecule has 0 saturated heterocycles. The van der Waals surface area contributed by atoms with E-state index < -0.39 is 10.1 Å². The number of allylic oxidation sites excluding steroid dienone is 7. The molecule has 0 unspecified atom stereocenters. The van der Waals surface area contributed by atoms with Gasteiger partial charge in [0, 0.05) is 5.57 Å². The molecule has 0 saturated carbocycles. The number of aryl methyl sites for hydroxylation is 2. The van der Waals surface area contributed by atoms with E-state index in [9.17, 15) is 13.0 Å². The average molecular weight is 342 g/mol. The lowest BCUT2D eigenvalue weighted by molar-refractivity contribution is 0.491. The minimum atomic E-state index is -4.23. The molecule has 0 heterocycles. The highest BCUT2D eigenvalue weighted by molar-refractivity contribution is 7.90. The molecular formula is C20H22O3S. The van der Waals surface area contributed by atoms with E-state index in [1.807, 2.05) is 19.1 Å². The molecule has 3 rings (SSSR count). The summed E-state index contributed by atoms with van der Waals surface area (Å²) >= 11 is 0. The molecule has 0 amide bonds. The van der Waals surface area contributed by atoms with Gasteiger partial charge in [0.15, 0.2) is 0 Å². The Balaban J connectivity index is 2.27. The Labute approximate surface area is 143 Å². The zero-order chi connectivity index (χ0) is 17.6. The maximum absolute atomic E-state index is 11.8. The second-order valence-electron chi connectivity index (χ2n) is 6.41. The molecule has 0 aromatic heterocycles. The molecule has 0 fully saturated rings. The van der Waals surface area contributed by atoms with Crippen LogP contribution < -0.4 is 0 Å². The standard InChI is InChI=1S/C20H22O3S/c1-5-14-9-15(6-2)11-16(10-14)17-7-12(3)19-18(17)8-13(4)20(19)24(21,22)23/h7-11H,5-6H2,1-4H3,(H,21,22,23). The molecule has 24 heavy (non-hydrogen) atoms. The topological polar surface area (TPSA) is 54.4 Å². The van der Waals surface area contributed by atoms with Gasteiger partial charge in [-0.05, 0) is 71.7 Å². The molecule has 3 nitrogen and oxygen atoms in total. The van der Waals surface area contributed by atoms with Crippen LogP contribution in [0.3, 0.4) is 0 Å². The van der Waals surface area contributed by atoms with E-state index in [1.165, 1.54) is 11.1 Å². The van der Waals surface area contributed by atoms with E-state index in [0.717, 1.165) is 35.1 Å². The van der Waals surface area contributed by atoms with Crippen LogP contribution in [0, 0.1) is 0 Å². The van der Waals surface area contributed by atoms with Crippen LogP contribution in [0.2, 0.25) is 0 Å². The molecule has 4 heteroatoms. The normalized spacial score (nSPS) is 17.4. The van der Waals surface area contributed by atoms with Crippen LogP contribution in [-0.2, 0) is 23.0 Å². The van der Waals surface area contributed by atoms with Gasteiger partial charge in [0.1, 0.15) is 4.91 Å². The van der Waals surface area contributed by atoms with Crippen LogP contribution in [-0.4, -0.2) is 13.0 Å². The van der Waals surface area contributed by atoms with E-state index in [4.69, 9.17) is 0 Å². The smallest absolute Gasteiger partial charge is 0.282 e. The van der Waals surface area contributed by atoms with Gasteiger partial charge in [-0.3, -0.25) is 4.55 Å². The quantitative estimate of drug-likeness (QED) is 0.812. The SMILES string of the molecule is CCc1cc(CC)cc(C2=C3C=C(C)C(S(=O)(=O)O)=C3C(C)=C2)c1. The van der Waals surface area contributed by atoms with Crippen LogP contribution in [0.5, 0.6) is 0 Å². The Kier molecular flexibility index (Phi) is 4.14. The maximum atomic E-state index is 11.8. The Bertz CT molecular complexity index is 932. The first-order chi connectivity index (χ1) is 11.3. The zero-order valence-electron chi connectivity index (χ0n) is 14.5. The average Bonchev–Trinajstić information content (AvgIpc) is 3.02. The summed E-state index contributed by atoms with van der Waals surface area (Å²) in [4.78, 5) is 0.0450. The lowest BCUT2D eigenvalue weighted by Crippen LogP contribution is -2.04. The van der Waals surface area contributed by atoms with Gasteiger partial charge in [0.25, 0.3) is 10.1 Å². The molecule has 0 spiro atoms. The first-order valence-electron chi connectivity index (χ1n) is 8.23. The second-order valence-corrected chi connectivity index (χ2v) is 7.76. The maximum Gasteiger partial charge on any atom is 0.295 e. The molecule has 0 bridgehead atoms. The molecule has 2 aliphatic carbocycles. The van der Waals surface area contributed by atoms with Crippen molar-refractivity contribution < 1.29 is 13.0 Å². The number of hydrogen-bond donors (Lipinski definition) is 1. The molecule has 1 aromatic rings. The molecule has 0 atom stereocenters. The summed E-state index contributed by atoms with van der Waals surface area (Å²) in [5.74, 6) is 0. The Hall–Kier alpha value is -1.91. The van der Waals surface area contributed by atoms with E-state index in [0.29, 0.717) is 11.1 Å². The minimum Gasteiger partial charge on any atom is -0.282 e. The van der Waals surface area contributed by atoms with Gasteiger partial charge in [0.05, 0.1) is 0 Å². The van der Waals surface area contributed by atoms with Gasteiger partial charge in [-0.2, -0.15) is 8.42 Å². The molecule has 2 aliphatic rings. The van der Waals surface area contributed by atoms with Crippen LogP contribution in [0.15, 0.2) is 57.5 Å². The molecule has 126 valence electrons. The molecule has 0 aliphatic heterocycles. The number of benzene rings is 1. The van der Waals surface area contributed by atoms with E-state index in [-0.39, 0.29) is 4.91 Å². The summed E-state index contributed by atoms with van der Waals surface area (Å²) in [6.07, 6.45) is 5.80. The number of rotatable bonds is 4. The predicted molar refractivity (Wildman–Crippen MR) is 98.2 cm³/mol. The molecule has 1 N–H and O–H groups in total. The van der Waals surface area contributed by atoms with Crippen LogP contribution in [0.4, 0.5) is 0 Å². The van der Waals surface area contributed by atoms with E-state index in [1.54, 1.807) is 6.92 Å². The molecule has 0 radical (unpaired) electrons. The summed E-state index contributed by atoms with van der Waals surface area (Å²) in [5.41, 5.74) is 7.69. The zero-order valence-corrected chi connectivity index (χ0v) is 15.3. The van der Waals surface area contributed by atoms with Crippen molar-refractivity contribution >= 4 is 15.7 Å². The third-order valence-corrected chi connectivity index (χ3v) is 5.74. The Morgan fingerprint density at radius 2 is 1.42 bits per heavy atom. The van der Waals surface area contributed by atoms with Gasteiger partial charge in [-0.15, -0.1) is 0 Å². The lowest BCUT2D eigenvalue weighted by Gasteiger charge is -2.09. The first-order valence-corrected chi connectivity index (χ1v) is 9.67. The fourth-order valence-corrected chi connectivity index (χ4v) is 4.54. The monoisotopic (exact) mass is 342 g/mol. The van der Waals surface area contributed by atoms with Crippen molar-refractivity contribution in [3.8, 4) is 0 Å². The van der Waals surface area contributed by atoms with Crippen LogP contribution in [0.25, 0.3) is 5.57 Å². The van der Waals surface area contributed by atoms with Gasteiger partial charge in [-0.1, -0.05) is 38.1 Å². The van der Waals surface area contributed by atoms with Crippen molar-refractivity contribution in [2.24, 2.45) is 0 Å². The fraction of sp³-hybridized carbons (Fsp3) is 0.300. The molecule has 1 aromatic carbocycles. The van der Waals surface area contributed by atoms with Crippen molar-refractivity contribution in [3.05, 3.63) is 74.2 Å². The van der Waals surface area contributed by atoms with Crippen molar-refractivity contribution in [1.29, 1.82) is 0 Å². The predicted octanol–water partition coefficient (Wildman–Crippen LogP) is 4.63. The van der Waals surface area contributed by atoms with Gasteiger partial charge >= 0.3 is 0 Å². The summed E-state index contributed by atoms with van der Waals surface area (Å²) in [7, 11) is -4.23. The number of fused-ring (bicyclic) bond motifs is 1. The Morgan fingerprint density at radius 1 is 0.875 bits per heavy atom. The lowest BCUT2D eigenvalue weighted by atomic mass is 9.96. The van der Waals surface area contributed by atoms with Gasteiger partial charge in [-0.25, -0.2) is 0 Å². The summed E-state index contributed by atoms with van der Waals surface area (Å²) in [6, 6.07) is 6.56. The van der Waals surface area contributed by atoms with Crippen molar-refractivity contribution in [2.75, 3.05) is 0 Å². The summed E-state index contributed by atoms with van der Waals surface area (Å²) in [6.45, 7) is 7.89. The van der Waals surface area contributed by atoms with Crippen molar-refractivity contribution in [2.45, 2.75) is 40.5 Å². The molecular weight excluding hydrogens is 320 g/mol. The van der Waals surface area contributed by atoms with E-state index in [2.05, 4.69) is 32.0 Å². The van der Waals surface area contributed by atoms with Crippen LogP contribution >= 0.6 is 0 Å². The minimum absolute atomic E-state index is 0.0450. The fourth-order valence-electron chi connectivity index (χ4n) is 3.54. The second kappa shape index (κ2) is 5.87. The van der Waals surface area contributed by atoms with Crippen molar-refractivity contribution in [1.82, 2.24) is 0 Å². The van der Waals surface area contributed by atoms with Gasteiger partial charge in [0.2, 0.25) is 0 Å². The summed E-state index contributed by atoms with van der Waals surface area (Å²) < 4.78 is 33.2. The third kappa shape index (κ3) is 2.70. The number of hydrogen-bond acceptors (Lipinski definition) is 2. The highest BCUT2D eigenvalue weighted by Gasteiger charge is 2.33.